The van der Waals surface area contributed by atoms with Gasteiger partial charge in [0.2, 0.25) is 5.91 Å². The molecule has 0 saturated carbocycles. The van der Waals surface area contributed by atoms with Crippen molar-refractivity contribution >= 4 is 23.8 Å². The molecule has 1 aliphatic heterocycles. The summed E-state index contributed by atoms with van der Waals surface area (Å²) in [7, 11) is 1.31. The number of urea groups is 1. The van der Waals surface area contributed by atoms with Gasteiger partial charge in [-0.2, -0.15) is 0 Å². The van der Waals surface area contributed by atoms with E-state index in [4.69, 9.17) is 5.11 Å². The van der Waals surface area contributed by atoms with E-state index in [1.807, 2.05) is 0 Å². The third-order valence-electron chi connectivity index (χ3n) is 3.07. The lowest BCUT2D eigenvalue weighted by Gasteiger charge is -2.23. The third kappa shape index (κ3) is 2.83. The van der Waals surface area contributed by atoms with E-state index >= 15 is 0 Å². The van der Waals surface area contributed by atoms with Gasteiger partial charge in [-0.15, -0.1) is 0 Å². The first-order valence-electron chi connectivity index (χ1n) is 5.70. The zero-order valence-corrected chi connectivity index (χ0v) is 11.3. The molecule has 0 aliphatic carbocycles. The maximum Gasteiger partial charge on any atom is 0.326 e. The lowest BCUT2D eigenvalue weighted by molar-refractivity contribution is -0.149. The average Bonchev–Trinajstić information content (AvgIpc) is 2.49. The van der Waals surface area contributed by atoms with Crippen molar-refractivity contribution in [3.63, 3.8) is 0 Å². The number of nitrogens with one attached hydrogen (secondary N) is 1. The van der Waals surface area contributed by atoms with E-state index < -0.39 is 41.9 Å². The molecule has 8 nitrogen and oxygen atoms in total. The van der Waals surface area contributed by atoms with Gasteiger partial charge >= 0.3 is 12.0 Å². The van der Waals surface area contributed by atoms with Crippen molar-refractivity contribution in [2.45, 2.75) is 32.4 Å². The smallest absolute Gasteiger partial charge is 0.326 e. The number of carboxylic acids is 1. The zero-order valence-electron chi connectivity index (χ0n) is 11.3. The Morgan fingerprint density at radius 3 is 2.32 bits per heavy atom. The molecule has 0 bridgehead atoms. The molecule has 19 heavy (non-hydrogen) atoms. The fraction of sp³-hybridized carbons (Fsp3) is 0.636. The summed E-state index contributed by atoms with van der Waals surface area (Å²) in [6.45, 7) is 3.93. The number of carbonyl (C=O) groups is 4. The van der Waals surface area contributed by atoms with Crippen molar-refractivity contribution < 1.29 is 24.3 Å². The van der Waals surface area contributed by atoms with Crippen molar-refractivity contribution in [1.29, 1.82) is 0 Å². The number of carbonyl (C=O) groups excluding carboxylic acids is 3. The summed E-state index contributed by atoms with van der Waals surface area (Å²) in [5, 5.41) is 11.2. The third-order valence-corrected chi connectivity index (χ3v) is 3.07. The fourth-order valence-electron chi connectivity index (χ4n) is 1.59. The minimum atomic E-state index is -1.16. The summed E-state index contributed by atoms with van der Waals surface area (Å²) in [4.78, 5) is 47.8. The van der Waals surface area contributed by atoms with E-state index in [1.54, 1.807) is 0 Å². The van der Waals surface area contributed by atoms with Gasteiger partial charge in [0.15, 0.2) is 0 Å². The molecule has 1 rings (SSSR count). The molecule has 0 aromatic carbocycles. The van der Waals surface area contributed by atoms with Crippen LogP contribution in [0.25, 0.3) is 0 Å². The lowest BCUT2D eigenvalue weighted by atomic mass is 10.1. The number of nitrogens with zero attached hydrogens (tertiary/aromatic N) is 2. The Labute approximate surface area is 110 Å². The minimum absolute atomic E-state index is 0.470. The molecule has 1 atom stereocenters. The van der Waals surface area contributed by atoms with E-state index in [2.05, 4.69) is 5.32 Å². The van der Waals surface area contributed by atoms with Crippen molar-refractivity contribution in [1.82, 2.24) is 15.1 Å². The van der Waals surface area contributed by atoms with Gasteiger partial charge in [0.05, 0.1) is 0 Å². The van der Waals surface area contributed by atoms with Crippen molar-refractivity contribution in [3.05, 3.63) is 0 Å². The van der Waals surface area contributed by atoms with Gasteiger partial charge in [-0.05, 0) is 20.8 Å². The van der Waals surface area contributed by atoms with Crippen LogP contribution in [0.15, 0.2) is 0 Å². The van der Waals surface area contributed by atoms with Crippen LogP contribution in [0.2, 0.25) is 0 Å². The number of likely N-dealkylation sites (N-methyl/N-ethyl adjacent to an activating group) is 1. The van der Waals surface area contributed by atoms with E-state index in [-0.39, 0.29) is 0 Å². The fourth-order valence-corrected chi connectivity index (χ4v) is 1.59. The first-order chi connectivity index (χ1) is 8.58. The molecule has 0 aromatic rings. The maximum absolute atomic E-state index is 11.9. The number of hydrogen-bond acceptors (Lipinski definition) is 4. The van der Waals surface area contributed by atoms with E-state index in [9.17, 15) is 19.2 Å². The van der Waals surface area contributed by atoms with Crippen molar-refractivity contribution in [3.8, 4) is 0 Å². The topological polar surface area (TPSA) is 107 Å². The van der Waals surface area contributed by atoms with Gasteiger partial charge in [-0.3, -0.25) is 14.5 Å². The normalized spacial score (nSPS) is 19.1. The van der Waals surface area contributed by atoms with Crippen LogP contribution in [-0.2, 0) is 14.4 Å². The highest BCUT2D eigenvalue weighted by Gasteiger charge is 2.45. The number of hydrogen-bond donors (Lipinski definition) is 2. The second-order valence-corrected chi connectivity index (χ2v) is 4.97. The molecule has 0 spiro atoms. The van der Waals surface area contributed by atoms with E-state index in [0.29, 0.717) is 0 Å². The highest BCUT2D eigenvalue weighted by molar-refractivity contribution is 6.08. The van der Waals surface area contributed by atoms with E-state index in [1.165, 1.54) is 27.8 Å². The number of amides is 4. The highest BCUT2D eigenvalue weighted by Crippen LogP contribution is 2.16. The molecular weight excluding hydrogens is 254 g/mol. The summed E-state index contributed by atoms with van der Waals surface area (Å²) in [5.74, 6) is -2.29. The predicted octanol–water partition coefficient (Wildman–Crippen LogP) is -0.752. The summed E-state index contributed by atoms with van der Waals surface area (Å²) in [6.07, 6.45) is 0. The molecule has 1 saturated heterocycles. The minimum Gasteiger partial charge on any atom is -0.480 e. The highest BCUT2D eigenvalue weighted by atomic mass is 16.4. The quantitative estimate of drug-likeness (QED) is 0.654. The van der Waals surface area contributed by atoms with Gasteiger partial charge in [0.1, 0.15) is 18.1 Å². The zero-order chi connectivity index (χ0) is 15.0. The van der Waals surface area contributed by atoms with Gasteiger partial charge in [-0.25, -0.2) is 9.59 Å². The van der Waals surface area contributed by atoms with E-state index in [0.717, 1.165) is 9.80 Å². The SMILES string of the molecule is CC(C(=O)O)N(C)C(=O)CN1C(=O)NC(C)(C)C1=O. The number of aliphatic carboxylic acids is 1. The molecule has 1 aliphatic rings. The monoisotopic (exact) mass is 271 g/mol. The predicted molar refractivity (Wildman–Crippen MR) is 64.2 cm³/mol. The average molecular weight is 271 g/mol. The van der Waals surface area contributed by atoms with Crippen LogP contribution in [0, 0.1) is 0 Å². The first kappa shape index (κ1) is 14.9. The summed E-state index contributed by atoms with van der Waals surface area (Å²) in [5.41, 5.74) is -1.05. The Morgan fingerprint density at radius 2 is 1.95 bits per heavy atom. The maximum atomic E-state index is 11.9. The molecule has 1 heterocycles. The van der Waals surface area contributed by atoms with Crippen molar-refractivity contribution in [2.75, 3.05) is 13.6 Å². The molecule has 1 unspecified atom stereocenters. The summed E-state index contributed by atoms with van der Waals surface area (Å²) in [6, 6.07) is -1.68. The van der Waals surface area contributed by atoms with Crippen LogP contribution in [0.5, 0.6) is 0 Å². The Morgan fingerprint density at radius 1 is 1.42 bits per heavy atom. The van der Waals surface area contributed by atoms with Gasteiger partial charge in [0, 0.05) is 7.05 Å². The van der Waals surface area contributed by atoms with Crippen LogP contribution in [-0.4, -0.2) is 63.9 Å². The Hall–Kier alpha value is -2.12. The van der Waals surface area contributed by atoms with Crippen LogP contribution in [0.1, 0.15) is 20.8 Å². The Balaban J connectivity index is 2.76. The lowest BCUT2D eigenvalue weighted by Crippen LogP contribution is -2.47. The summed E-state index contributed by atoms with van der Waals surface area (Å²) >= 11 is 0. The Kier molecular flexibility index (Phi) is 3.83. The number of carboxylic acid groups (broad SMARTS) is 1. The van der Waals surface area contributed by atoms with Crippen LogP contribution in [0.3, 0.4) is 0 Å². The summed E-state index contributed by atoms with van der Waals surface area (Å²) < 4.78 is 0. The molecule has 1 fully saturated rings. The van der Waals surface area contributed by atoms with Gasteiger partial charge in [-0.1, -0.05) is 0 Å². The second kappa shape index (κ2) is 4.87. The number of imide groups is 1. The largest absolute Gasteiger partial charge is 0.480 e. The molecule has 0 radical (unpaired) electrons. The standard InChI is InChI=1S/C11H17N3O5/c1-6(8(16)17)13(4)7(15)5-14-9(18)11(2,3)12-10(14)19/h6H,5H2,1-4H3,(H,12,19)(H,16,17). The molecule has 0 aromatic heterocycles. The van der Waals surface area contributed by atoms with Crippen LogP contribution in [0.4, 0.5) is 4.79 Å². The van der Waals surface area contributed by atoms with Gasteiger partial charge < -0.3 is 15.3 Å². The Bertz CT molecular complexity index is 446. The molecule has 106 valence electrons. The molecule has 8 heteroatoms. The first-order valence-corrected chi connectivity index (χ1v) is 5.70. The van der Waals surface area contributed by atoms with Crippen LogP contribution >= 0.6 is 0 Å². The molecular formula is C11H17N3O5. The molecule has 4 amide bonds. The van der Waals surface area contributed by atoms with Crippen molar-refractivity contribution in [2.24, 2.45) is 0 Å². The van der Waals surface area contributed by atoms with Gasteiger partial charge in [0.25, 0.3) is 5.91 Å². The molecule has 2 N–H and O–H groups in total. The second-order valence-electron chi connectivity index (χ2n) is 4.97. The number of rotatable bonds is 4. The van der Waals surface area contributed by atoms with Crippen LogP contribution < -0.4 is 5.32 Å².